The van der Waals surface area contributed by atoms with Crippen LogP contribution in [0, 0.1) is 0 Å². The molecule has 9 heteroatoms. The van der Waals surface area contributed by atoms with Crippen LogP contribution in [0.4, 0.5) is 11.4 Å². The van der Waals surface area contributed by atoms with Crippen LogP contribution in [0.3, 0.4) is 0 Å². The van der Waals surface area contributed by atoms with Crippen molar-refractivity contribution in [1.82, 2.24) is 10.2 Å². The zero-order valence-corrected chi connectivity index (χ0v) is 14.8. The number of thiophene rings is 1. The molecular weight excluding hydrogens is 360 g/mol. The Balaban J connectivity index is 1.50. The first-order valence-electron chi connectivity index (χ1n) is 7.28. The van der Waals surface area contributed by atoms with Crippen LogP contribution in [-0.2, 0) is 9.59 Å². The Kier molecular flexibility index (Phi) is 5.46. The molecule has 0 unspecified atom stereocenters. The summed E-state index contributed by atoms with van der Waals surface area (Å²) in [6.45, 7) is 1.44. The van der Waals surface area contributed by atoms with Crippen LogP contribution in [0.15, 0.2) is 51.4 Å². The topological polar surface area (TPSA) is 97.1 Å². The summed E-state index contributed by atoms with van der Waals surface area (Å²) >= 11 is 2.68. The predicted molar refractivity (Wildman–Crippen MR) is 97.7 cm³/mol. The minimum absolute atomic E-state index is 0.144. The van der Waals surface area contributed by atoms with Crippen LogP contribution < -0.4 is 10.6 Å². The van der Waals surface area contributed by atoms with E-state index in [1.165, 1.54) is 30.0 Å². The summed E-state index contributed by atoms with van der Waals surface area (Å²) in [4.78, 5) is 23.9. The lowest BCUT2D eigenvalue weighted by atomic mass is 10.3. The molecule has 128 valence electrons. The fourth-order valence-electron chi connectivity index (χ4n) is 1.93. The molecule has 1 aromatic carbocycles. The molecule has 0 atom stereocenters. The second kappa shape index (κ2) is 7.95. The first kappa shape index (κ1) is 17.2. The van der Waals surface area contributed by atoms with E-state index in [0.717, 1.165) is 4.88 Å². The van der Waals surface area contributed by atoms with E-state index in [1.54, 1.807) is 24.3 Å². The molecule has 0 aliphatic rings. The van der Waals surface area contributed by atoms with E-state index >= 15 is 0 Å². The van der Waals surface area contributed by atoms with Gasteiger partial charge in [-0.25, -0.2) is 0 Å². The van der Waals surface area contributed by atoms with E-state index in [-0.39, 0.29) is 17.6 Å². The highest BCUT2D eigenvalue weighted by Crippen LogP contribution is 2.26. The SMILES string of the molecule is CC(=O)Nc1ccc(NC(=O)CSc2nnc(-c3cccs3)o2)cc1. The van der Waals surface area contributed by atoms with Gasteiger partial charge in [0.1, 0.15) is 0 Å². The number of carbonyl (C=O) groups is 2. The Hall–Kier alpha value is -2.65. The normalized spacial score (nSPS) is 10.4. The molecule has 0 radical (unpaired) electrons. The van der Waals surface area contributed by atoms with Crippen molar-refractivity contribution in [3.8, 4) is 10.8 Å². The third kappa shape index (κ3) is 4.91. The molecule has 2 amide bonds. The number of amides is 2. The number of hydrogen-bond donors (Lipinski definition) is 2. The average Bonchev–Trinajstić information content (AvgIpc) is 3.25. The molecule has 0 saturated carbocycles. The Morgan fingerprint density at radius 1 is 1.12 bits per heavy atom. The molecule has 3 aromatic rings. The number of nitrogens with one attached hydrogen (secondary N) is 2. The zero-order chi connectivity index (χ0) is 17.6. The molecule has 2 heterocycles. The lowest BCUT2D eigenvalue weighted by molar-refractivity contribution is -0.114. The number of hydrogen-bond acceptors (Lipinski definition) is 7. The summed E-state index contributed by atoms with van der Waals surface area (Å²) < 4.78 is 5.51. The largest absolute Gasteiger partial charge is 0.410 e. The van der Waals surface area contributed by atoms with Gasteiger partial charge in [-0.15, -0.1) is 21.5 Å². The number of nitrogens with zero attached hydrogens (tertiary/aromatic N) is 2. The van der Waals surface area contributed by atoms with Crippen LogP contribution in [0.25, 0.3) is 10.8 Å². The van der Waals surface area contributed by atoms with Crippen molar-refractivity contribution in [1.29, 1.82) is 0 Å². The van der Waals surface area contributed by atoms with Crippen LogP contribution in [0.5, 0.6) is 0 Å². The molecule has 0 fully saturated rings. The van der Waals surface area contributed by atoms with Crippen LogP contribution in [-0.4, -0.2) is 27.8 Å². The summed E-state index contributed by atoms with van der Waals surface area (Å²) in [5.74, 6) is 0.272. The zero-order valence-electron chi connectivity index (χ0n) is 13.2. The standard InChI is InChI=1S/C16H14N4O3S2/c1-10(21)17-11-4-6-12(7-5-11)18-14(22)9-25-16-20-19-15(23-16)13-3-2-8-24-13/h2-8H,9H2,1H3,(H,17,21)(H,18,22). The van der Waals surface area contributed by atoms with E-state index in [9.17, 15) is 9.59 Å². The third-order valence-electron chi connectivity index (χ3n) is 2.95. The minimum atomic E-state index is -0.187. The number of carbonyl (C=O) groups excluding carboxylic acids is 2. The maximum Gasteiger partial charge on any atom is 0.277 e. The van der Waals surface area contributed by atoms with Crippen molar-refractivity contribution >= 4 is 46.3 Å². The van der Waals surface area contributed by atoms with Gasteiger partial charge in [0.2, 0.25) is 11.8 Å². The number of aromatic nitrogens is 2. The van der Waals surface area contributed by atoms with Crippen LogP contribution >= 0.6 is 23.1 Å². The number of rotatable bonds is 6. The van der Waals surface area contributed by atoms with Crippen molar-refractivity contribution in [3.05, 3.63) is 41.8 Å². The Morgan fingerprint density at radius 3 is 2.48 bits per heavy atom. The Morgan fingerprint density at radius 2 is 1.84 bits per heavy atom. The molecule has 2 N–H and O–H groups in total. The molecule has 0 spiro atoms. The van der Waals surface area contributed by atoms with Crippen molar-refractivity contribution in [2.45, 2.75) is 12.1 Å². The van der Waals surface area contributed by atoms with Gasteiger partial charge < -0.3 is 15.1 Å². The van der Waals surface area contributed by atoms with E-state index < -0.39 is 0 Å². The van der Waals surface area contributed by atoms with Gasteiger partial charge in [0.15, 0.2) is 0 Å². The molecule has 0 aliphatic heterocycles. The monoisotopic (exact) mass is 374 g/mol. The Bertz CT molecular complexity index is 860. The summed E-state index contributed by atoms with van der Waals surface area (Å²) in [5, 5.41) is 15.6. The van der Waals surface area contributed by atoms with Gasteiger partial charge in [-0.05, 0) is 35.7 Å². The summed E-state index contributed by atoms with van der Waals surface area (Å²) in [7, 11) is 0. The molecule has 0 saturated heterocycles. The van der Waals surface area contributed by atoms with Gasteiger partial charge in [0.05, 0.1) is 10.6 Å². The summed E-state index contributed by atoms with van der Waals surface area (Å²) in [6, 6.07) is 10.7. The van der Waals surface area contributed by atoms with Crippen molar-refractivity contribution < 1.29 is 14.0 Å². The van der Waals surface area contributed by atoms with Gasteiger partial charge in [0, 0.05) is 18.3 Å². The van der Waals surface area contributed by atoms with Crippen molar-refractivity contribution in [2.75, 3.05) is 16.4 Å². The van der Waals surface area contributed by atoms with E-state index in [1.807, 2.05) is 17.5 Å². The highest BCUT2D eigenvalue weighted by molar-refractivity contribution is 7.99. The lowest BCUT2D eigenvalue weighted by Crippen LogP contribution is -2.14. The van der Waals surface area contributed by atoms with Crippen LogP contribution in [0.2, 0.25) is 0 Å². The minimum Gasteiger partial charge on any atom is -0.410 e. The molecule has 0 bridgehead atoms. The van der Waals surface area contributed by atoms with Crippen LogP contribution in [0.1, 0.15) is 6.92 Å². The molecule has 0 aliphatic carbocycles. The first-order valence-corrected chi connectivity index (χ1v) is 9.14. The maximum atomic E-state index is 12.0. The van der Waals surface area contributed by atoms with Crippen molar-refractivity contribution in [2.24, 2.45) is 0 Å². The Labute approximate surface area is 151 Å². The first-order chi connectivity index (χ1) is 12.1. The fourth-order valence-corrected chi connectivity index (χ4v) is 3.14. The summed E-state index contributed by atoms with van der Waals surface area (Å²) in [6.07, 6.45) is 0. The number of benzene rings is 1. The van der Waals surface area contributed by atoms with Gasteiger partial charge in [0.25, 0.3) is 11.1 Å². The van der Waals surface area contributed by atoms with E-state index in [2.05, 4.69) is 20.8 Å². The predicted octanol–water partition coefficient (Wildman–Crippen LogP) is 3.49. The smallest absolute Gasteiger partial charge is 0.277 e. The third-order valence-corrected chi connectivity index (χ3v) is 4.63. The van der Waals surface area contributed by atoms with Crippen molar-refractivity contribution in [3.63, 3.8) is 0 Å². The molecule has 7 nitrogen and oxygen atoms in total. The number of anilines is 2. The highest BCUT2D eigenvalue weighted by Gasteiger charge is 2.12. The van der Waals surface area contributed by atoms with Gasteiger partial charge in [-0.2, -0.15) is 0 Å². The lowest BCUT2D eigenvalue weighted by Gasteiger charge is -2.06. The fraction of sp³-hybridized carbons (Fsp3) is 0.125. The molecule has 3 rings (SSSR count). The number of thioether (sulfide) groups is 1. The average molecular weight is 374 g/mol. The molecular formula is C16H14N4O3S2. The van der Waals surface area contributed by atoms with Gasteiger partial charge >= 0.3 is 0 Å². The summed E-state index contributed by atoms with van der Waals surface area (Å²) in [5.41, 5.74) is 1.32. The second-order valence-corrected chi connectivity index (χ2v) is 6.82. The quantitative estimate of drug-likeness (QED) is 0.641. The van der Waals surface area contributed by atoms with Gasteiger partial charge in [-0.3, -0.25) is 9.59 Å². The second-order valence-electron chi connectivity index (χ2n) is 4.95. The maximum absolute atomic E-state index is 12.0. The molecule has 2 aromatic heterocycles. The van der Waals surface area contributed by atoms with Gasteiger partial charge in [-0.1, -0.05) is 17.8 Å². The highest BCUT2D eigenvalue weighted by atomic mass is 32.2. The van der Waals surface area contributed by atoms with E-state index in [4.69, 9.17) is 4.42 Å². The molecule has 25 heavy (non-hydrogen) atoms. The van der Waals surface area contributed by atoms with E-state index in [0.29, 0.717) is 22.5 Å².